The molecule has 2 atom stereocenters. The Balaban J connectivity index is 1.62. The molecule has 0 radical (unpaired) electrons. The summed E-state index contributed by atoms with van der Waals surface area (Å²) in [5.41, 5.74) is 2.02. The first-order valence-electron chi connectivity index (χ1n) is 12.5. The van der Waals surface area contributed by atoms with E-state index in [9.17, 15) is 18.0 Å². The van der Waals surface area contributed by atoms with Crippen LogP contribution in [0.25, 0.3) is 0 Å². The summed E-state index contributed by atoms with van der Waals surface area (Å²) in [5.74, 6) is -0.552. The molecule has 1 fully saturated rings. The van der Waals surface area contributed by atoms with E-state index in [1.54, 1.807) is 77.7 Å². The van der Waals surface area contributed by atoms with Gasteiger partial charge in [-0.1, -0.05) is 60.3 Å². The first-order chi connectivity index (χ1) is 17.7. The van der Waals surface area contributed by atoms with E-state index in [1.165, 1.54) is 0 Å². The van der Waals surface area contributed by atoms with Crippen molar-refractivity contribution in [2.45, 2.75) is 56.5 Å². The first kappa shape index (κ1) is 27.0. The zero-order chi connectivity index (χ0) is 26.6. The van der Waals surface area contributed by atoms with Crippen LogP contribution >= 0.6 is 11.6 Å². The number of hydrogen-bond donors (Lipinski definition) is 1. The highest BCUT2D eigenvalue weighted by Crippen LogP contribution is 2.27. The Bertz CT molecular complexity index is 1370. The largest absolute Gasteiger partial charge is 0.334 e. The molecule has 0 aliphatic heterocycles. The number of halogens is 1. The predicted molar refractivity (Wildman–Crippen MR) is 146 cm³/mol. The summed E-state index contributed by atoms with van der Waals surface area (Å²) in [6.45, 7) is 4.17. The zero-order valence-electron chi connectivity index (χ0n) is 21.0. The van der Waals surface area contributed by atoms with Gasteiger partial charge in [-0.2, -0.15) is 0 Å². The number of ketones is 1. The Kier molecular flexibility index (Phi) is 8.47. The normalized spacial score (nSPS) is 17.8. The van der Waals surface area contributed by atoms with Crippen molar-refractivity contribution in [1.29, 1.82) is 0 Å². The summed E-state index contributed by atoms with van der Waals surface area (Å²) in [5, 5.41) is 0.523. The van der Waals surface area contributed by atoms with E-state index in [1.807, 2.05) is 13.8 Å². The van der Waals surface area contributed by atoms with Crippen LogP contribution < -0.4 is 4.72 Å². The van der Waals surface area contributed by atoms with Gasteiger partial charge in [0.1, 0.15) is 0 Å². The van der Waals surface area contributed by atoms with Crippen LogP contribution in [0.3, 0.4) is 0 Å². The number of carbonyl (C=O) groups excluding carboxylic acids is 2. The van der Waals surface area contributed by atoms with Crippen molar-refractivity contribution in [3.05, 3.63) is 100 Å². The van der Waals surface area contributed by atoms with Crippen molar-refractivity contribution in [3.8, 4) is 0 Å². The number of likely N-dealkylation sites (N-methyl/N-ethyl adjacent to an activating group) is 1. The summed E-state index contributed by atoms with van der Waals surface area (Å²) in [4.78, 5) is 29.1. The summed E-state index contributed by atoms with van der Waals surface area (Å²) in [6.07, 6.45) is 3.07. The van der Waals surface area contributed by atoms with Crippen molar-refractivity contribution in [2.75, 3.05) is 6.54 Å². The SMILES string of the molecule is CCN(C(=O)c1ccccc1C(=O)c1ccc(Cl)cc1)[C@@H]1CCCC[C@H]1NS(=O)(=O)c1ccc(C)cc1. The molecule has 0 unspecified atom stereocenters. The highest BCUT2D eigenvalue weighted by molar-refractivity contribution is 7.89. The molecule has 1 saturated carbocycles. The third kappa shape index (κ3) is 6.12. The molecule has 194 valence electrons. The number of hydrogen-bond acceptors (Lipinski definition) is 4. The highest BCUT2D eigenvalue weighted by Gasteiger charge is 2.36. The number of carbonyl (C=O) groups is 2. The maximum absolute atomic E-state index is 13.9. The van der Waals surface area contributed by atoms with Gasteiger partial charge in [-0.3, -0.25) is 9.59 Å². The van der Waals surface area contributed by atoms with Crippen LogP contribution in [0, 0.1) is 6.92 Å². The second-order valence-corrected chi connectivity index (χ2v) is 11.5. The number of sulfonamides is 1. The van der Waals surface area contributed by atoms with Gasteiger partial charge in [0.15, 0.2) is 5.78 Å². The van der Waals surface area contributed by atoms with E-state index >= 15 is 0 Å². The van der Waals surface area contributed by atoms with Gasteiger partial charge in [0.25, 0.3) is 5.91 Å². The summed E-state index contributed by atoms with van der Waals surface area (Å²) in [6, 6.07) is 19.3. The maximum atomic E-state index is 13.9. The van der Waals surface area contributed by atoms with Crippen LogP contribution in [0.2, 0.25) is 5.02 Å². The second-order valence-electron chi connectivity index (χ2n) is 9.37. The third-order valence-electron chi connectivity index (χ3n) is 6.88. The summed E-state index contributed by atoms with van der Waals surface area (Å²) in [7, 11) is -3.76. The number of amides is 1. The number of nitrogens with one attached hydrogen (secondary N) is 1. The summed E-state index contributed by atoms with van der Waals surface area (Å²) >= 11 is 5.98. The minimum Gasteiger partial charge on any atom is -0.334 e. The second kappa shape index (κ2) is 11.6. The van der Waals surface area contributed by atoms with Gasteiger partial charge in [0.2, 0.25) is 10.0 Å². The monoisotopic (exact) mass is 538 g/mol. The van der Waals surface area contributed by atoms with E-state index in [0.29, 0.717) is 41.1 Å². The Labute approximate surface area is 223 Å². The van der Waals surface area contributed by atoms with Crippen LogP contribution in [0.15, 0.2) is 77.7 Å². The number of rotatable bonds is 8. The van der Waals surface area contributed by atoms with Crippen LogP contribution in [-0.2, 0) is 10.0 Å². The highest BCUT2D eigenvalue weighted by atomic mass is 35.5. The van der Waals surface area contributed by atoms with Gasteiger partial charge in [0.05, 0.1) is 10.5 Å². The molecule has 1 aliphatic rings. The molecule has 0 spiro atoms. The lowest BCUT2D eigenvalue weighted by molar-refractivity contribution is 0.0606. The van der Waals surface area contributed by atoms with Crippen LogP contribution in [0.1, 0.15) is 64.4 Å². The molecule has 0 bridgehead atoms. The molecular formula is C29H31ClN2O4S. The molecule has 6 nitrogen and oxygen atoms in total. The van der Waals surface area contributed by atoms with E-state index in [0.717, 1.165) is 18.4 Å². The van der Waals surface area contributed by atoms with Crippen molar-refractivity contribution in [3.63, 3.8) is 0 Å². The Hall–Kier alpha value is -3.00. The van der Waals surface area contributed by atoms with Crippen LogP contribution in [0.4, 0.5) is 0 Å². The molecule has 3 aromatic carbocycles. The molecule has 0 aromatic heterocycles. The number of nitrogens with zero attached hydrogens (tertiary/aromatic N) is 1. The average Bonchev–Trinajstić information content (AvgIpc) is 2.90. The van der Waals surface area contributed by atoms with Gasteiger partial charge in [-0.25, -0.2) is 13.1 Å². The quantitative estimate of drug-likeness (QED) is 0.377. The van der Waals surface area contributed by atoms with Gasteiger partial charge in [0, 0.05) is 34.8 Å². The lowest BCUT2D eigenvalue weighted by atomic mass is 9.89. The van der Waals surface area contributed by atoms with Crippen LogP contribution in [-0.4, -0.2) is 43.6 Å². The number of aryl methyl sites for hydroxylation is 1. The molecule has 3 aromatic rings. The van der Waals surface area contributed by atoms with Gasteiger partial charge in [-0.15, -0.1) is 0 Å². The fourth-order valence-corrected chi connectivity index (χ4v) is 6.34. The molecule has 1 N–H and O–H groups in total. The fourth-order valence-electron chi connectivity index (χ4n) is 4.91. The van der Waals surface area contributed by atoms with Crippen molar-refractivity contribution in [2.24, 2.45) is 0 Å². The van der Waals surface area contributed by atoms with Gasteiger partial charge in [-0.05, 0) is 69.2 Å². The van der Waals surface area contributed by atoms with Crippen LogP contribution in [0.5, 0.6) is 0 Å². The Morgan fingerprint density at radius 2 is 1.54 bits per heavy atom. The van der Waals surface area contributed by atoms with E-state index in [4.69, 9.17) is 11.6 Å². The summed E-state index contributed by atoms with van der Waals surface area (Å²) < 4.78 is 29.2. The standard InChI is InChI=1S/C29H31ClN2O4S/c1-3-32(27-11-7-6-10-26(27)31-37(35,36)23-18-12-20(2)13-19-23)29(34)25-9-5-4-8-24(25)28(33)21-14-16-22(30)17-15-21/h4-5,8-9,12-19,26-27,31H,3,6-7,10-11H2,1-2H3/t26-,27-/m1/s1. The minimum atomic E-state index is -3.76. The smallest absolute Gasteiger partial charge is 0.254 e. The Morgan fingerprint density at radius 3 is 2.19 bits per heavy atom. The molecule has 1 amide bonds. The van der Waals surface area contributed by atoms with Gasteiger partial charge < -0.3 is 4.90 Å². The molecule has 8 heteroatoms. The van der Waals surface area contributed by atoms with Gasteiger partial charge >= 0.3 is 0 Å². The first-order valence-corrected chi connectivity index (χ1v) is 14.4. The minimum absolute atomic E-state index is 0.204. The van der Waals surface area contributed by atoms with Crippen molar-refractivity contribution < 1.29 is 18.0 Å². The molecule has 1 aliphatic carbocycles. The predicted octanol–water partition coefficient (Wildman–Crippen LogP) is 5.63. The average molecular weight is 539 g/mol. The molecule has 0 saturated heterocycles. The zero-order valence-corrected chi connectivity index (χ0v) is 22.6. The molecule has 0 heterocycles. The fraction of sp³-hybridized carbons (Fsp3) is 0.310. The third-order valence-corrected chi connectivity index (χ3v) is 8.64. The maximum Gasteiger partial charge on any atom is 0.254 e. The topological polar surface area (TPSA) is 83.6 Å². The lowest BCUT2D eigenvalue weighted by Crippen LogP contribution is -2.55. The Morgan fingerprint density at radius 1 is 0.919 bits per heavy atom. The lowest BCUT2D eigenvalue weighted by Gasteiger charge is -2.40. The van der Waals surface area contributed by atoms with Crippen molar-refractivity contribution in [1.82, 2.24) is 9.62 Å². The van der Waals surface area contributed by atoms with E-state index in [2.05, 4.69) is 4.72 Å². The number of benzene rings is 3. The molecular weight excluding hydrogens is 508 g/mol. The molecule has 4 rings (SSSR count). The van der Waals surface area contributed by atoms with Crippen molar-refractivity contribution >= 4 is 33.3 Å². The van der Waals surface area contributed by atoms with E-state index < -0.39 is 16.1 Å². The molecule has 37 heavy (non-hydrogen) atoms. The van der Waals surface area contributed by atoms with E-state index in [-0.39, 0.29) is 22.6 Å².